The number of halogens is 3. The van der Waals surface area contributed by atoms with Crippen LogP contribution < -0.4 is 4.90 Å². The molecule has 1 saturated heterocycles. The third kappa shape index (κ3) is 8.48. The van der Waals surface area contributed by atoms with E-state index in [-0.39, 0.29) is 5.82 Å². The molecule has 152 valence electrons. The quantitative estimate of drug-likeness (QED) is 0.573. The summed E-state index contributed by atoms with van der Waals surface area (Å²) in [6.07, 6.45) is 0. The van der Waals surface area contributed by atoms with E-state index in [0.29, 0.717) is 24.5 Å². The first-order valence-electron chi connectivity index (χ1n) is 9.48. The zero-order valence-electron chi connectivity index (χ0n) is 17.3. The van der Waals surface area contributed by atoms with Crippen molar-refractivity contribution in [2.75, 3.05) is 31.2 Å². The number of anilines is 1. The molecular formula is C22H32F3NO. The van der Waals surface area contributed by atoms with Crippen molar-refractivity contribution in [1.82, 2.24) is 0 Å². The monoisotopic (exact) mass is 383 g/mol. The van der Waals surface area contributed by atoms with Gasteiger partial charge in [-0.15, -0.1) is 0 Å². The van der Waals surface area contributed by atoms with Crippen LogP contribution in [0.1, 0.15) is 38.8 Å². The van der Waals surface area contributed by atoms with Crippen LogP contribution >= 0.6 is 0 Å². The summed E-state index contributed by atoms with van der Waals surface area (Å²) in [5.41, 5.74) is 1.99. The molecule has 5 heteroatoms. The average molecular weight is 383 g/mol. The molecule has 0 N–H and O–H groups in total. The van der Waals surface area contributed by atoms with Gasteiger partial charge in [0, 0.05) is 13.1 Å². The molecule has 0 radical (unpaired) electrons. The molecule has 0 amide bonds. The lowest BCUT2D eigenvalue weighted by Crippen LogP contribution is -2.36. The highest BCUT2D eigenvalue weighted by Gasteiger charge is 2.14. The lowest BCUT2D eigenvalue weighted by atomic mass is 10.2. The van der Waals surface area contributed by atoms with E-state index in [9.17, 15) is 13.2 Å². The highest BCUT2D eigenvalue weighted by atomic mass is 19.2. The maximum absolute atomic E-state index is 13.6. The molecule has 2 aromatic rings. The Hall–Kier alpha value is -2.01. The Morgan fingerprint density at radius 2 is 1.41 bits per heavy atom. The zero-order chi connectivity index (χ0) is 20.8. The number of hydrogen-bond acceptors (Lipinski definition) is 2. The number of nitrogens with zero attached hydrogens (tertiary/aromatic N) is 1. The maximum Gasteiger partial charge on any atom is 0.161 e. The fourth-order valence-electron chi connectivity index (χ4n) is 2.28. The van der Waals surface area contributed by atoms with Crippen LogP contribution in [0.3, 0.4) is 0 Å². The van der Waals surface area contributed by atoms with E-state index in [1.807, 2.05) is 51.7 Å². The Labute approximate surface area is 162 Å². The second-order valence-electron chi connectivity index (χ2n) is 5.43. The summed E-state index contributed by atoms with van der Waals surface area (Å²) in [6.45, 7) is 14.4. The van der Waals surface area contributed by atoms with Crippen molar-refractivity contribution in [2.45, 2.75) is 41.5 Å². The standard InChI is InChI=1S/C11H14FNO.C7H6F2.2C2H6/c1-9-2-3-11(10(12)8-9)13-4-6-14-7-5-13;1-5-3-2-4-6(8)7(5)9;2*1-2/h2-3,8H,4-7H2,1H3;2-4H,1H3;2*1-2H3. The SMILES string of the molecule is CC.CC.Cc1ccc(N2CCOCC2)c(F)c1.Cc1cccc(F)c1F. The van der Waals surface area contributed by atoms with E-state index < -0.39 is 11.6 Å². The van der Waals surface area contributed by atoms with Crippen LogP contribution in [0.2, 0.25) is 0 Å². The Morgan fingerprint density at radius 3 is 1.89 bits per heavy atom. The molecule has 0 spiro atoms. The summed E-state index contributed by atoms with van der Waals surface area (Å²) in [4.78, 5) is 2.03. The second kappa shape index (κ2) is 14.1. The normalized spacial score (nSPS) is 12.6. The molecule has 27 heavy (non-hydrogen) atoms. The Bertz CT molecular complexity index is 636. The summed E-state index contributed by atoms with van der Waals surface area (Å²) >= 11 is 0. The van der Waals surface area contributed by atoms with Gasteiger partial charge in [-0.25, -0.2) is 13.2 Å². The van der Waals surface area contributed by atoms with Gasteiger partial charge in [-0.05, 0) is 43.2 Å². The molecular weight excluding hydrogens is 351 g/mol. The van der Waals surface area contributed by atoms with E-state index >= 15 is 0 Å². The summed E-state index contributed by atoms with van der Waals surface area (Å²) in [5.74, 6) is -1.67. The summed E-state index contributed by atoms with van der Waals surface area (Å²) in [5, 5.41) is 0. The molecule has 0 bridgehead atoms. The molecule has 1 aliphatic heterocycles. The first-order valence-corrected chi connectivity index (χ1v) is 9.48. The minimum atomic E-state index is -0.782. The predicted octanol–water partition coefficient (Wildman–Crippen LogP) is 6.30. The smallest absolute Gasteiger partial charge is 0.161 e. The lowest BCUT2D eigenvalue weighted by molar-refractivity contribution is 0.122. The number of rotatable bonds is 1. The molecule has 0 atom stereocenters. The van der Waals surface area contributed by atoms with Crippen molar-refractivity contribution >= 4 is 5.69 Å². The molecule has 1 fully saturated rings. The Kier molecular flexibility index (Phi) is 13.0. The second-order valence-corrected chi connectivity index (χ2v) is 5.43. The number of hydrogen-bond donors (Lipinski definition) is 0. The molecule has 0 unspecified atom stereocenters. The zero-order valence-corrected chi connectivity index (χ0v) is 17.3. The molecule has 3 rings (SSSR count). The molecule has 0 aliphatic carbocycles. The molecule has 1 aliphatic rings. The predicted molar refractivity (Wildman–Crippen MR) is 108 cm³/mol. The van der Waals surface area contributed by atoms with Crippen LogP contribution in [0, 0.1) is 31.3 Å². The van der Waals surface area contributed by atoms with Crippen LogP contribution in [-0.2, 0) is 4.74 Å². The van der Waals surface area contributed by atoms with Gasteiger partial charge < -0.3 is 9.64 Å². The third-order valence-corrected chi connectivity index (χ3v) is 3.60. The van der Waals surface area contributed by atoms with Gasteiger partial charge in [0.25, 0.3) is 0 Å². The first-order chi connectivity index (χ1) is 13.0. The maximum atomic E-state index is 13.6. The fourth-order valence-corrected chi connectivity index (χ4v) is 2.28. The van der Waals surface area contributed by atoms with E-state index in [0.717, 1.165) is 24.7 Å². The number of morpholine rings is 1. The van der Waals surface area contributed by atoms with Crippen molar-refractivity contribution in [1.29, 1.82) is 0 Å². The highest BCUT2D eigenvalue weighted by molar-refractivity contribution is 5.49. The van der Waals surface area contributed by atoms with Crippen LogP contribution in [0.25, 0.3) is 0 Å². The minimum Gasteiger partial charge on any atom is -0.378 e. The average Bonchev–Trinajstić information content (AvgIpc) is 2.70. The van der Waals surface area contributed by atoms with Crippen molar-refractivity contribution in [3.63, 3.8) is 0 Å². The van der Waals surface area contributed by atoms with Gasteiger partial charge in [0.1, 0.15) is 5.82 Å². The molecule has 2 nitrogen and oxygen atoms in total. The Morgan fingerprint density at radius 1 is 0.815 bits per heavy atom. The molecule has 0 aromatic heterocycles. The molecule has 0 saturated carbocycles. The summed E-state index contributed by atoms with van der Waals surface area (Å²) < 4.78 is 43.3. The topological polar surface area (TPSA) is 12.5 Å². The van der Waals surface area contributed by atoms with Crippen LogP contribution in [0.15, 0.2) is 36.4 Å². The van der Waals surface area contributed by atoms with Crippen molar-refractivity contribution in [3.8, 4) is 0 Å². The van der Waals surface area contributed by atoms with Crippen LogP contribution in [0.4, 0.5) is 18.9 Å². The third-order valence-electron chi connectivity index (χ3n) is 3.60. The van der Waals surface area contributed by atoms with E-state index in [1.165, 1.54) is 19.1 Å². The first kappa shape index (κ1) is 25.0. The molecule has 2 aromatic carbocycles. The van der Waals surface area contributed by atoms with E-state index in [1.54, 1.807) is 6.07 Å². The number of aryl methyl sites for hydroxylation is 2. The van der Waals surface area contributed by atoms with Gasteiger partial charge in [-0.1, -0.05) is 45.9 Å². The largest absolute Gasteiger partial charge is 0.378 e. The van der Waals surface area contributed by atoms with Crippen molar-refractivity contribution in [3.05, 3.63) is 65.0 Å². The Balaban J connectivity index is 0.000000451. The van der Waals surface area contributed by atoms with Crippen molar-refractivity contribution < 1.29 is 17.9 Å². The lowest BCUT2D eigenvalue weighted by Gasteiger charge is -2.29. The minimum absolute atomic E-state index is 0.132. The van der Waals surface area contributed by atoms with Gasteiger partial charge >= 0.3 is 0 Å². The van der Waals surface area contributed by atoms with Crippen LogP contribution in [-0.4, -0.2) is 26.3 Å². The van der Waals surface area contributed by atoms with Gasteiger partial charge in [-0.3, -0.25) is 0 Å². The fraction of sp³-hybridized carbons (Fsp3) is 0.455. The van der Waals surface area contributed by atoms with Crippen LogP contribution in [0.5, 0.6) is 0 Å². The van der Waals surface area contributed by atoms with Gasteiger partial charge in [0.15, 0.2) is 11.6 Å². The highest BCUT2D eigenvalue weighted by Crippen LogP contribution is 2.21. The number of benzene rings is 2. The van der Waals surface area contributed by atoms with Crippen molar-refractivity contribution in [2.24, 2.45) is 0 Å². The van der Waals surface area contributed by atoms with Gasteiger partial charge in [-0.2, -0.15) is 0 Å². The van der Waals surface area contributed by atoms with E-state index in [2.05, 4.69) is 0 Å². The summed E-state index contributed by atoms with van der Waals surface area (Å²) in [7, 11) is 0. The van der Waals surface area contributed by atoms with Gasteiger partial charge in [0.05, 0.1) is 18.9 Å². The summed E-state index contributed by atoms with van der Waals surface area (Å²) in [6, 6.07) is 9.46. The van der Waals surface area contributed by atoms with E-state index in [4.69, 9.17) is 4.74 Å². The molecule has 1 heterocycles. The number of ether oxygens (including phenoxy) is 1. The van der Waals surface area contributed by atoms with Gasteiger partial charge in [0.2, 0.25) is 0 Å².